The Bertz CT molecular complexity index is 445. The third kappa shape index (κ3) is 2.83. The standard InChI is InChI=1S/C13H17ClN2O2/c1-9-2-3-10(8-11(9)14)12(13(17)18)16-6-4-15-5-7-16/h2-3,8,12,15H,4-7H2,1H3,(H,17,18). The molecule has 1 saturated heterocycles. The van der Waals surface area contributed by atoms with Crippen molar-refractivity contribution in [1.29, 1.82) is 0 Å². The zero-order valence-corrected chi connectivity index (χ0v) is 11.1. The highest BCUT2D eigenvalue weighted by Gasteiger charge is 2.28. The van der Waals surface area contributed by atoms with E-state index < -0.39 is 12.0 Å². The Kier molecular flexibility index (Phi) is 4.22. The molecule has 18 heavy (non-hydrogen) atoms. The van der Waals surface area contributed by atoms with Gasteiger partial charge in [0.2, 0.25) is 0 Å². The summed E-state index contributed by atoms with van der Waals surface area (Å²) >= 11 is 6.08. The summed E-state index contributed by atoms with van der Waals surface area (Å²) in [5.74, 6) is -0.822. The molecule has 0 radical (unpaired) electrons. The van der Waals surface area contributed by atoms with Gasteiger partial charge >= 0.3 is 5.97 Å². The number of aliphatic carboxylic acids is 1. The zero-order valence-electron chi connectivity index (χ0n) is 10.3. The first-order chi connectivity index (χ1) is 8.59. The molecule has 5 heteroatoms. The smallest absolute Gasteiger partial charge is 0.325 e. The summed E-state index contributed by atoms with van der Waals surface area (Å²) in [5, 5.41) is 13.3. The molecule has 1 unspecified atom stereocenters. The topological polar surface area (TPSA) is 52.6 Å². The summed E-state index contributed by atoms with van der Waals surface area (Å²) < 4.78 is 0. The van der Waals surface area contributed by atoms with Crippen LogP contribution in [0.15, 0.2) is 18.2 Å². The highest BCUT2D eigenvalue weighted by Crippen LogP contribution is 2.26. The van der Waals surface area contributed by atoms with Crippen molar-refractivity contribution in [3.05, 3.63) is 34.3 Å². The lowest BCUT2D eigenvalue weighted by Crippen LogP contribution is -2.47. The predicted molar refractivity (Wildman–Crippen MR) is 71.0 cm³/mol. The molecule has 1 aliphatic rings. The number of nitrogens with zero attached hydrogens (tertiary/aromatic N) is 1. The number of hydrogen-bond acceptors (Lipinski definition) is 3. The van der Waals surface area contributed by atoms with Crippen LogP contribution in [-0.4, -0.2) is 42.2 Å². The number of carboxylic acid groups (broad SMARTS) is 1. The lowest BCUT2D eigenvalue weighted by atomic mass is 10.0. The Morgan fingerprint density at radius 3 is 2.67 bits per heavy atom. The number of nitrogens with one attached hydrogen (secondary N) is 1. The van der Waals surface area contributed by atoms with Crippen molar-refractivity contribution in [1.82, 2.24) is 10.2 Å². The molecular weight excluding hydrogens is 252 g/mol. The molecule has 1 fully saturated rings. The van der Waals surface area contributed by atoms with E-state index in [0.29, 0.717) is 5.02 Å². The number of piperazine rings is 1. The van der Waals surface area contributed by atoms with Crippen molar-refractivity contribution in [3.63, 3.8) is 0 Å². The van der Waals surface area contributed by atoms with Crippen LogP contribution in [0.2, 0.25) is 5.02 Å². The van der Waals surface area contributed by atoms with Gasteiger partial charge in [-0.25, -0.2) is 0 Å². The van der Waals surface area contributed by atoms with E-state index in [0.717, 1.165) is 37.3 Å². The van der Waals surface area contributed by atoms with E-state index in [9.17, 15) is 9.90 Å². The Labute approximate surface area is 112 Å². The van der Waals surface area contributed by atoms with E-state index >= 15 is 0 Å². The summed E-state index contributed by atoms with van der Waals surface area (Å²) in [4.78, 5) is 13.5. The predicted octanol–water partition coefficient (Wildman–Crippen LogP) is 1.68. The quantitative estimate of drug-likeness (QED) is 0.876. The Morgan fingerprint density at radius 2 is 2.11 bits per heavy atom. The van der Waals surface area contributed by atoms with Gasteiger partial charge in [-0.05, 0) is 24.1 Å². The third-order valence-electron chi connectivity index (χ3n) is 3.26. The molecule has 1 aliphatic heterocycles. The molecule has 2 rings (SSSR count). The average molecular weight is 269 g/mol. The van der Waals surface area contributed by atoms with Crippen LogP contribution in [0.3, 0.4) is 0 Å². The highest BCUT2D eigenvalue weighted by atomic mass is 35.5. The van der Waals surface area contributed by atoms with Gasteiger partial charge in [-0.1, -0.05) is 23.7 Å². The summed E-state index contributed by atoms with van der Waals surface area (Å²) in [5.41, 5.74) is 1.71. The van der Waals surface area contributed by atoms with Crippen LogP contribution < -0.4 is 5.32 Å². The van der Waals surface area contributed by atoms with Crippen molar-refractivity contribution < 1.29 is 9.90 Å². The van der Waals surface area contributed by atoms with E-state index in [-0.39, 0.29) is 0 Å². The number of hydrogen-bond donors (Lipinski definition) is 2. The minimum atomic E-state index is -0.822. The first kappa shape index (κ1) is 13.3. The zero-order chi connectivity index (χ0) is 13.1. The minimum absolute atomic E-state index is 0.606. The molecule has 98 valence electrons. The SMILES string of the molecule is Cc1ccc(C(C(=O)O)N2CCNCC2)cc1Cl. The van der Waals surface area contributed by atoms with Gasteiger partial charge in [0.1, 0.15) is 6.04 Å². The van der Waals surface area contributed by atoms with E-state index in [1.807, 2.05) is 24.0 Å². The molecule has 2 N–H and O–H groups in total. The highest BCUT2D eigenvalue weighted by molar-refractivity contribution is 6.31. The number of carboxylic acids is 1. The summed E-state index contributed by atoms with van der Waals surface area (Å²) in [6.07, 6.45) is 0. The fraction of sp³-hybridized carbons (Fsp3) is 0.462. The second-order valence-electron chi connectivity index (χ2n) is 4.54. The van der Waals surface area contributed by atoms with Crippen molar-refractivity contribution in [2.75, 3.05) is 26.2 Å². The fourth-order valence-electron chi connectivity index (χ4n) is 2.23. The van der Waals surface area contributed by atoms with Crippen molar-refractivity contribution in [3.8, 4) is 0 Å². The van der Waals surface area contributed by atoms with E-state index in [4.69, 9.17) is 11.6 Å². The van der Waals surface area contributed by atoms with Gasteiger partial charge in [0.05, 0.1) is 0 Å². The van der Waals surface area contributed by atoms with Gasteiger partial charge in [0, 0.05) is 31.2 Å². The molecule has 1 heterocycles. The molecule has 0 amide bonds. The molecule has 1 aromatic carbocycles. The summed E-state index contributed by atoms with van der Waals surface area (Å²) in [6, 6.07) is 4.88. The maximum Gasteiger partial charge on any atom is 0.325 e. The first-order valence-electron chi connectivity index (χ1n) is 6.03. The maximum atomic E-state index is 11.5. The monoisotopic (exact) mass is 268 g/mol. The van der Waals surface area contributed by atoms with Gasteiger partial charge in [0.25, 0.3) is 0 Å². The molecular formula is C13H17ClN2O2. The molecule has 0 saturated carbocycles. The molecule has 4 nitrogen and oxygen atoms in total. The average Bonchev–Trinajstić information content (AvgIpc) is 2.35. The second kappa shape index (κ2) is 5.69. The molecule has 0 spiro atoms. The van der Waals surface area contributed by atoms with E-state index in [1.54, 1.807) is 6.07 Å². The summed E-state index contributed by atoms with van der Waals surface area (Å²) in [6.45, 7) is 5.03. The van der Waals surface area contributed by atoms with Gasteiger partial charge < -0.3 is 10.4 Å². The second-order valence-corrected chi connectivity index (χ2v) is 4.94. The van der Waals surface area contributed by atoms with E-state index in [2.05, 4.69) is 5.32 Å². The van der Waals surface area contributed by atoms with Crippen molar-refractivity contribution >= 4 is 17.6 Å². The van der Waals surface area contributed by atoms with Gasteiger partial charge in [0.15, 0.2) is 0 Å². The number of rotatable bonds is 3. The van der Waals surface area contributed by atoms with Crippen LogP contribution in [0.4, 0.5) is 0 Å². The number of carbonyl (C=O) groups is 1. The molecule has 0 bridgehead atoms. The Morgan fingerprint density at radius 1 is 1.44 bits per heavy atom. The molecule has 0 aromatic heterocycles. The fourth-order valence-corrected chi connectivity index (χ4v) is 2.42. The molecule has 1 atom stereocenters. The van der Waals surface area contributed by atoms with Crippen molar-refractivity contribution in [2.45, 2.75) is 13.0 Å². The van der Waals surface area contributed by atoms with E-state index in [1.165, 1.54) is 0 Å². The number of halogens is 1. The van der Waals surface area contributed by atoms with Crippen LogP contribution in [-0.2, 0) is 4.79 Å². The lowest BCUT2D eigenvalue weighted by Gasteiger charge is -2.32. The normalized spacial score (nSPS) is 18.6. The van der Waals surface area contributed by atoms with Crippen molar-refractivity contribution in [2.24, 2.45) is 0 Å². The molecule has 1 aromatic rings. The van der Waals surface area contributed by atoms with Gasteiger partial charge in [-0.15, -0.1) is 0 Å². The van der Waals surface area contributed by atoms with Crippen LogP contribution in [0.5, 0.6) is 0 Å². The number of aryl methyl sites for hydroxylation is 1. The first-order valence-corrected chi connectivity index (χ1v) is 6.41. The Balaban J connectivity index is 2.28. The van der Waals surface area contributed by atoms with Crippen LogP contribution in [0.1, 0.15) is 17.2 Å². The minimum Gasteiger partial charge on any atom is -0.480 e. The largest absolute Gasteiger partial charge is 0.480 e. The number of benzene rings is 1. The third-order valence-corrected chi connectivity index (χ3v) is 3.67. The molecule has 0 aliphatic carbocycles. The lowest BCUT2D eigenvalue weighted by molar-refractivity contribution is -0.143. The van der Waals surface area contributed by atoms with Crippen LogP contribution in [0.25, 0.3) is 0 Å². The summed E-state index contributed by atoms with van der Waals surface area (Å²) in [7, 11) is 0. The van der Waals surface area contributed by atoms with Gasteiger partial charge in [-0.3, -0.25) is 9.69 Å². The Hall–Kier alpha value is -1.10. The maximum absolute atomic E-state index is 11.5. The van der Waals surface area contributed by atoms with Crippen LogP contribution in [0, 0.1) is 6.92 Å². The van der Waals surface area contributed by atoms with Gasteiger partial charge in [-0.2, -0.15) is 0 Å². The van der Waals surface area contributed by atoms with Crippen LogP contribution >= 0.6 is 11.6 Å².